The zero-order valence-corrected chi connectivity index (χ0v) is 15.1. The van der Waals surface area contributed by atoms with Gasteiger partial charge in [-0.3, -0.25) is 4.55 Å². The van der Waals surface area contributed by atoms with Crippen molar-refractivity contribution in [1.29, 1.82) is 0 Å². The average molecular weight is 352 g/mol. The van der Waals surface area contributed by atoms with Crippen LogP contribution in [-0.4, -0.2) is 74.2 Å². The molecule has 8 nitrogen and oxygen atoms in total. The van der Waals surface area contributed by atoms with Gasteiger partial charge >= 0.3 is 6.09 Å². The Kier molecular flexibility index (Phi) is 7.25. The molecule has 1 fully saturated rings. The van der Waals surface area contributed by atoms with Crippen molar-refractivity contribution < 1.29 is 27.2 Å². The summed E-state index contributed by atoms with van der Waals surface area (Å²) in [5, 5.41) is 2.83. The first-order valence-corrected chi connectivity index (χ1v) is 9.31. The summed E-state index contributed by atoms with van der Waals surface area (Å²) in [5.41, 5.74) is -0.552. The van der Waals surface area contributed by atoms with Crippen molar-refractivity contribution in [3.63, 3.8) is 0 Å². The molecule has 0 unspecified atom stereocenters. The molecular weight excluding hydrogens is 324 g/mol. The lowest BCUT2D eigenvalue weighted by molar-refractivity contribution is -0.00229. The highest BCUT2D eigenvalue weighted by molar-refractivity contribution is 7.85. The number of alkyl carbamates (subject to hydrolysis) is 1. The first kappa shape index (κ1) is 20.1. The second kappa shape index (κ2) is 8.27. The highest BCUT2D eigenvalue weighted by Gasteiger charge is 2.31. The molecule has 2 atom stereocenters. The van der Waals surface area contributed by atoms with Crippen molar-refractivity contribution in [3.05, 3.63) is 0 Å². The molecule has 0 spiro atoms. The maximum Gasteiger partial charge on any atom is 0.407 e. The van der Waals surface area contributed by atoms with E-state index in [2.05, 4.69) is 10.2 Å². The molecule has 0 bridgehead atoms. The van der Waals surface area contributed by atoms with Gasteiger partial charge in [0.1, 0.15) is 5.60 Å². The zero-order chi connectivity index (χ0) is 17.7. The molecule has 0 aromatic rings. The molecule has 1 rings (SSSR count). The molecule has 2 N–H and O–H groups in total. The largest absolute Gasteiger partial charge is 0.444 e. The van der Waals surface area contributed by atoms with Crippen molar-refractivity contribution in [2.24, 2.45) is 0 Å². The second-order valence-electron chi connectivity index (χ2n) is 6.76. The average Bonchev–Trinajstić information content (AvgIpc) is 2.36. The van der Waals surface area contributed by atoms with Gasteiger partial charge in [-0.15, -0.1) is 0 Å². The summed E-state index contributed by atoms with van der Waals surface area (Å²) in [4.78, 5) is 13.9. The fourth-order valence-electron chi connectivity index (χ4n) is 2.52. The normalized spacial score (nSPS) is 23.5. The minimum absolute atomic E-state index is 0.146. The Hall–Kier alpha value is -0.900. The van der Waals surface area contributed by atoms with Crippen molar-refractivity contribution in [2.45, 2.75) is 51.4 Å². The number of hydrogen-bond acceptors (Lipinski definition) is 6. The van der Waals surface area contributed by atoms with Crippen molar-refractivity contribution >= 4 is 16.2 Å². The number of nitrogens with one attached hydrogen (secondary N) is 1. The maximum absolute atomic E-state index is 11.9. The number of likely N-dealkylation sites (tertiary alicyclic amines) is 1. The molecule has 0 aromatic heterocycles. The molecule has 9 heteroatoms. The predicted molar refractivity (Wildman–Crippen MR) is 86.0 cm³/mol. The van der Waals surface area contributed by atoms with Gasteiger partial charge in [0.2, 0.25) is 0 Å². The van der Waals surface area contributed by atoms with E-state index in [1.54, 1.807) is 27.9 Å². The van der Waals surface area contributed by atoms with Crippen LogP contribution in [0.4, 0.5) is 4.79 Å². The van der Waals surface area contributed by atoms with E-state index in [0.717, 1.165) is 0 Å². The van der Waals surface area contributed by atoms with Crippen LogP contribution in [0.25, 0.3) is 0 Å². The number of amides is 1. The van der Waals surface area contributed by atoms with Crippen molar-refractivity contribution in [3.8, 4) is 0 Å². The molecule has 0 radical (unpaired) electrons. The molecule has 1 amide bonds. The first-order valence-electron chi connectivity index (χ1n) is 7.70. The van der Waals surface area contributed by atoms with E-state index in [1.165, 1.54) is 0 Å². The number of carbonyl (C=O) groups is 1. The van der Waals surface area contributed by atoms with Gasteiger partial charge in [-0.2, -0.15) is 8.42 Å². The Morgan fingerprint density at radius 2 is 2.04 bits per heavy atom. The van der Waals surface area contributed by atoms with E-state index in [0.29, 0.717) is 32.5 Å². The van der Waals surface area contributed by atoms with Crippen LogP contribution in [0, 0.1) is 0 Å². The standard InChI is InChI=1S/C14H28N2O6S/c1-14(2,3)22-13(17)15-11-6-8-16(10-12(11)21-4)7-5-9-23(18,19)20/h11-12H,5-10H2,1-4H3,(H,15,17)(H,18,19,20)/t11-,12+/m0/s1. The second-order valence-corrected chi connectivity index (χ2v) is 8.33. The smallest absolute Gasteiger partial charge is 0.407 e. The molecule has 1 saturated heterocycles. The summed E-state index contributed by atoms with van der Waals surface area (Å²) in [6, 6.07) is -0.146. The molecule has 136 valence electrons. The Morgan fingerprint density at radius 3 is 2.57 bits per heavy atom. The maximum atomic E-state index is 11.9. The summed E-state index contributed by atoms with van der Waals surface area (Å²) in [7, 11) is -2.34. The number of rotatable bonds is 6. The zero-order valence-electron chi connectivity index (χ0n) is 14.2. The highest BCUT2D eigenvalue weighted by Crippen LogP contribution is 2.15. The van der Waals surface area contributed by atoms with Gasteiger partial charge < -0.3 is 19.7 Å². The van der Waals surface area contributed by atoms with Gasteiger partial charge in [0.25, 0.3) is 10.1 Å². The number of carbonyl (C=O) groups excluding carboxylic acids is 1. The number of piperidine rings is 1. The minimum atomic E-state index is -3.92. The summed E-state index contributed by atoms with van der Waals surface area (Å²) < 4.78 is 40.9. The summed E-state index contributed by atoms with van der Waals surface area (Å²) in [5.74, 6) is -0.249. The van der Waals surface area contributed by atoms with Gasteiger partial charge in [0.05, 0.1) is 17.9 Å². The van der Waals surface area contributed by atoms with Crippen LogP contribution >= 0.6 is 0 Å². The van der Waals surface area contributed by atoms with Crippen LogP contribution in [0.5, 0.6) is 0 Å². The topological polar surface area (TPSA) is 105 Å². The first-order chi connectivity index (χ1) is 10.5. The van der Waals surface area contributed by atoms with Gasteiger partial charge in [0.15, 0.2) is 0 Å². The quantitative estimate of drug-likeness (QED) is 0.684. The van der Waals surface area contributed by atoms with Crippen LogP contribution < -0.4 is 5.32 Å². The molecule has 23 heavy (non-hydrogen) atoms. The lowest BCUT2D eigenvalue weighted by Crippen LogP contribution is -2.55. The third kappa shape index (κ3) is 8.50. The SMILES string of the molecule is CO[C@@H]1CN(CCCS(=O)(=O)O)CC[C@@H]1NC(=O)OC(C)(C)C. The lowest BCUT2D eigenvalue weighted by atomic mass is 10.0. The molecule has 1 aliphatic rings. The summed E-state index contributed by atoms with van der Waals surface area (Å²) in [6.45, 7) is 7.27. The summed E-state index contributed by atoms with van der Waals surface area (Å²) in [6.07, 6.45) is 0.384. The van der Waals surface area contributed by atoms with E-state index >= 15 is 0 Å². The van der Waals surface area contributed by atoms with E-state index in [4.69, 9.17) is 14.0 Å². The molecular formula is C14H28N2O6S. The monoisotopic (exact) mass is 352 g/mol. The van der Waals surface area contributed by atoms with Crippen LogP contribution in [0.15, 0.2) is 0 Å². The molecule has 0 aliphatic carbocycles. The molecule has 1 aliphatic heterocycles. The van der Waals surface area contributed by atoms with Gasteiger partial charge in [-0.1, -0.05) is 0 Å². The van der Waals surface area contributed by atoms with Crippen LogP contribution in [0.2, 0.25) is 0 Å². The highest BCUT2D eigenvalue weighted by atomic mass is 32.2. The Bertz CT molecular complexity index is 488. The number of methoxy groups -OCH3 is 1. The van der Waals surface area contributed by atoms with E-state index in [9.17, 15) is 13.2 Å². The Morgan fingerprint density at radius 1 is 1.39 bits per heavy atom. The third-order valence-corrected chi connectivity index (χ3v) is 4.33. The Labute approximate surface area is 138 Å². The number of hydrogen-bond donors (Lipinski definition) is 2. The lowest BCUT2D eigenvalue weighted by Gasteiger charge is -2.38. The predicted octanol–water partition coefficient (Wildman–Crippen LogP) is 0.878. The van der Waals surface area contributed by atoms with E-state index < -0.39 is 21.8 Å². The molecule has 0 aromatic carbocycles. The minimum Gasteiger partial charge on any atom is -0.444 e. The van der Waals surface area contributed by atoms with E-state index in [1.807, 2.05) is 0 Å². The fourth-order valence-corrected chi connectivity index (χ4v) is 3.01. The molecule has 1 heterocycles. The van der Waals surface area contributed by atoms with Gasteiger partial charge in [-0.05, 0) is 40.2 Å². The van der Waals surface area contributed by atoms with Crippen molar-refractivity contribution in [1.82, 2.24) is 10.2 Å². The number of nitrogens with zero attached hydrogens (tertiary/aromatic N) is 1. The molecule has 0 saturated carbocycles. The van der Waals surface area contributed by atoms with Crippen LogP contribution in [-0.2, 0) is 19.6 Å². The summed E-state index contributed by atoms with van der Waals surface area (Å²) >= 11 is 0. The Balaban J connectivity index is 2.44. The fraction of sp³-hybridized carbons (Fsp3) is 0.929. The van der Waals surface area contributed by atoms with Gasteiger partial charge in [0, 0.05) is 20.2 Å². The third-order valence-electron chi connectivity index (χ3n) is 3.52. The van der Waals surface area contributed by atoms with Gasteiger partial charge in [-0.25, -0.2) is 4.79 Å². The van der Waals surface area contributed by atoms with Crippen LogP contribution in [0.1, 0.15) is 33.6 Å². The number of ether oxygens (including phenoxy) is 2. The van der Waals surface area contributed by atoms with Crippen LogP contribution in [0.3, 0.4) is 0 Å². The van der Waals surface area contributed by atoms with E-state index in [-0.39, 0.29) is 17.9 Å². The van der Waals surface area contributed by atoms with Crippen molar-refractivity contribution in [2.75, 3.05) is 32.5 Å².